The van der Waals surface area contributed by atoms with Gasteiger partial charge < -0.3 is 5.73 Å². The highest BCUT2D eigenvalue weighted by atomic mass is 19.1. The fourth-order valence-electron chi connectivity index (χ4n) is 1.80. The van der Waals surface area contributed by atoms with E-state index in [4.69, 9.17) is 5.73 Å². The van der Waals surface area contributed by atoms with Gasteiger partial charge in [0.05, 0.1) is 11.9 Å². The summed E-state index contributed by atoms with van der Waals surface area (Å²) in [6.07, 6.45) is 1.91. The predicted molar refractivity (Wildman–Crippen MR) is 69.0 cm³/mol. The van der Waals surface area contributed by atoms with Crippen LogP contribution in [0.5, 0.6) is 0 Å². The highest BCUT2D eigenvalue weighted by Crippen LogP contribution is 2.12. The third-order valence-corrected chi connectivity index (χ3v) is 2.79. The van der Waals surface area contributed by atoms with E-state index in [0.717, 1.165) is 11.3 Å². The number of nitrogens with two attached hydrogens (primary N) is 1. The summed E-state index contributed by atoms with van der Waals surface area (Å²) in [7, 11) is 0. The number of halogens is 1. The minimum atomic E-state index is -0.542. The van der Waals surface area contributed by atoms with Crippen molar-refractivity contribution in [3.63, 3.8) is 0 Å². The van der Waals surface area contributed by atoms with Crippen LogP contribution in [-0.4, -0.2) is 33.5 Å². The van der Waals surface area contributed by atoms with Gasteiger partial charge in [0.25, 0.3) is 0 Å². The number of nitrogens with zero attached hydrogens (tertiary/aromatic N) is 3. The Morgan fingerprint density at radius 1 is 1.42 bits per heavy atom. The van der Waals surface area contributed by atoms with Crippen LogP contribution < -0.4 is 5.73 Å². The third kappa shape index (κ3) is 3.03. The molecule has 0 aliphatic carbocycles. The largest absolute Gasteiger partial charge is 0.325 e. The second kappa shape index (κ2) is 5.71. The molecule has 1 aromatic heterocycles. The topological polar surface area (TPSA) is 73.8 Å². The molecule has 1 heterocycles. The van der Waals surface area contributed by atoms with E-state index >= 15 is 0 Å². The molecule has 0 spiro atoms. The Hall–Kier alpha value is -2.08. The number of benzene rings is 1. The van der Waals surface area contributed by atoms with Gasteiger partial charge in [-0.05, 0) is 24.1 Å². The van der Waals surface area contributed by atoms with E-state index in [1.807, 2.05) is 12.1 Å². The first-order valence-corrected chi connectivity index (χ1v) is 5.94. The zero-order valence-corrected chi connectivity index (χ0v) is 10.6. The summed E-state index contributed by atoms with van der Waals surface area (Å²) in [4.78, 5) is 11.4. The van der Waals surface area contributed by atoms with Crippen molar-refractivity contribution < 1.29 is 9.18 Å². The zero-order valence-electron chi connectivity index (χ0n) is 10.6. The summed E-state index contributed by atoms with van der Waals surface area (Å²) in [6, 6.07) is 6.82. The Labute approximate surface area is 110 Å². The van der Waals surface area contributed by atoms with Crippen LogP contribution in [-0.2, 0) is 6.42 Å². The molecule has 0 saturated carbocycles. The molecule has 0 saturated heterocycles. The maximum absolute atomic E-state index is 12.3. The number of carbonyl (C=O) groups excluding carboxylic acids is 1. The Bertz CT molecular complexity index is 564. The average molecular weight is 262 g/mol. The normalized spacial score (nSPS) is 12.4. The van der Waals surface area contributed by atoms with Gasteiger partial charge in [-0.3, -0.25) is 4.79 Å². The van der Waals surface area contributed by atoms with E-state index in [-0.39, 0.29) is 5.78 Å². The summed E-state index contributed by atoms with van der Waals surface area (Å²) in [5, 5.41) is 7.60. The van der Waals surface area contributed by atoms with E-state index in [0.29, 0.717) is 12.1 Å². The van der Waals surface area contributed by atoms with Crippen molar-refractivity contribution in [2.75, 3.05) is 6.67 Å². The number of alkyl halides is 1. The Kier molecular flexibility index (Phi) is 4.01. The van der Waals surface area contributed by atoms with Crippen molar-refractivity contribution in [3.8, 4) is 5.69 Å². The molecule has 0 aliphatic heterocycles. The number of hydrogen-bond acceptors (Lipinski definition) is 4. The van der Waals surface area contributed by atoms with Crippen molar-refractivity contribution in [1.29, 1.82) is 0 Å². The van der Waals surface area contributed by atoms with E-state index in [1.54, 1.807) is 12.1 Å². The van der Waals surface area contributed by atoms with Crippen LogP contribution in [0.2, 0.25) is 0 Å². The van der Waals surface area contributed by atoms with Gasteiger partial charge in [-0.25, -0.2) is 9.07 Å². The molecule has 0 amide bonds. The van der Waals surface area contributed by atoms with Gasteiger partial charge in [-0.1, -0.05) is 17.3 Å². The number of Topliss-reactive ketones (excluding diaryl/α,β-unsaturated/α-hetero) is 1. The summed E-state index contributed by atoms with van der Waals surface area (Å²) in [5.41, 5.74) is 7.66. The maximum atomic E-state index is 12.3. The highest BCUT2D eigenvalue weighted by Gasteiger charge is 2.10. The molecule has 0 fully saturated rings. The van der Waals surface area contributed by atoms with Gasteiger partial charge in [-0.15, -0.1) is 5.10 Å². The first-order valence-electron chi connectivity index (χ1n) is 5.94. The molecule has 100 valence electrons. The molecule has 19 heavy (non-hydrogen) atoms. The standard InChI is InChI=1S/C13H15FN4O/c1-9(19)13-8-16-17-18(13)12-4-2-10(3-5-12)6-11(15)7-14/h2-5,8,11H,6-7,15H2,1H3/t11-/m0/s1. The molecule has 0 bridgehead atoms. The molecule has 1 aromatic carbocycles. The van der Waals surface area contributed by atoms with Crippen molar-refractivity contribution in [3.05, 3.63) is 41.7 Å². The van der Waals surface area contributed by atoms with Crippen molar-refractivity contribution in [2.45, 2.75) is 19.4 Å². The van der Waals surface area contributed by atoms with Gasteiger partial charge >= 0.3 is 0 Å². The molecule has 1 atom stereocenters. The minimum absolute atomic E-state index is 0.103. The summed E-state index contributed by atoms with van der Waals surface area (Å²) in [5.74, 6) is -0.103. The first-order chi connectivity index (χ1) is 9.11. The molecule has 0 unspecified atom stereocenters. The van der Waals surface area contributed by atoms with Crippen molar-refractivity contribution in [1.82, 2.24) is 15.0 Å². The van der Waals surface area contributed by atoms with Gasteiger partial charge in [0.2, 0.25) is 0 Å². The van der Waals surface area contributed by atoms with E-state index < -0.39 is 12.7 Å². The fourth-order valence-corrected chi connectivity index (χ4v) is 1.80. The van der Waals surface area contributed by atoms with Crippen LogP contribution in [0.3, 0.4) is 0 Å². The highest BCUT2D eigenvalue weighted by molar-refractivity contribution is 5.92. The molecule has 0 radical (unpaired) electrons. The number of aromatic nitrogens is 3. The number of ketones is 1. The molecule has 0 aliphatic rings. The van der Waals surface area contributed by atoms with Crippen molar-refractivity contribution >= 4 is 5.78 Å². The molecule has 6 heteroatoms. The Morgan fingerprint density at radius 2 is 2.11 bits per heavy atom. The van der Waals surface area contributed by atoms with Gasteiger partial charge in [0, 0.05) is 13.0 Å². The molecular formula is C13H15FN4O. The van der Waals surface area contributed by atoms with E-state index in [9.17, 15) is 9.18 Å². The van der Waals surface area contributed by atoms with Crippen LogP contribution in [0.4, 0.5) is 4.39 Å². The van der Waals surface area contributed by atoms with Crippen LogP contribution >= 0.6 is 0 Å². The Balaban J connectivity index is 2.23. The number of carbonyl (C=O) groups is 1. The summed E-state index contributed by atoms with van der Waals surface area (Å²) < 4.78 is 13.8. The monoisotopic (exact) mass is 262 g/mol. The molecular weight excluding hydrogens is 247 g/mol. The summed E-state index contributed by atoms with van der Waals surface area (Å²) >= 11 is 0. The average Bonchev–Trinajstić information content (AvgIpc) is 2.89. The predicted octanol–water partition coefficient (Wildman–Crippen LogP) is 1.31. The zero-order chi connectivity index (χ0) is 13.8. The summed E-state index contributed by atoms with van der Waals surface area (Å²) in [6.45, 7) is 0.920. The van der Waals surface area contributed by atoms with Crippen molar-refractivity contribution in [2.24, 2.45) is 5.73 Å². The first kappa shape index (κ1) is 13.4. The Morgan fingerprint density at radius 3 is 2.68 bits per heavy atom. The lowest BCUT2D eigenvalue weighted by molar-refractivity contribution is 0.101. The molecule has 2 aromatic rings. The molecule has 2 rings (SSSR count). The van der Waals surface area contributed by atoms with Crippen LogP contribution in [0.25, 0.3) is 5.69 Å². The quantitative estimate of drug-likeness (QED) is 0.824. The van der Waals surface area contributed by atoms with Gasteiger partial charge in [0.15, 0.2) is 5.78 Å². The second-order valence-electron chi connectivity index (χ2n) is 4.37. The van der Waals surface area contributed by atoms with Crippen LogP contribution in [0.1, 0.15) is 23.0 Å². The number of hydrogen-bond donors (Lipinski definition) is 1. The minimum Gasteiger partial charge on any atom is -0.325 e. The lowest BCUT2D eigenvalue weighted by Gasteiger charge is -2.08. The lowest BCUT2D eigenvalue weighted by Crippen LogP contribution is -2.24. The van der Waals surface area contributed by atoms with Crippen LogP contribution in [0, 0.1) is 0 Å². The van der Waals surface area contributed by atoms with Crippen LogP contribution in [0.15, 0.2) is 30.5 Å². The van der Waals surface area contributed by atoms with E-state index in [1.165, 1.54) is 17.8 Å². The van der Waals surface area contributed by atoms with Gasteiger partial charge in [-0.2, -0.15) is 0 Å². The lowest BCUT2D eigenvalue weighted by atomic mass is 10.1. The SMILES string of the molecule is CC(=O)c1cnnn1-c1ccc(C[C@H](N)CF)cc1. The molecule has 5 nitrogen and oxygen atoms in total. The molecule has 2 N–H and O–H groups in total. The third-order valence-electron chi connectivity index (χ3n) is 2.79. The van der Waals surface area contributed by atoms with Gasteiger partial charge in [0.1, 0.15) is 12.4 Å². The number of rotatable bonds is 5. The fraction of sp³-hybridized carbons (Fsp3) is 0.308. The smallest absolute Gasteiger partial charge is 0.179 e. The van der Waals surface area contributed by atoms with E-state index in [2.05, 4.69) is 10.3 Å². The maximum Gasteiger partial charge on any atom is 0.179 e. The second-order valence-corrected chi connectivity index (χ2v) is 4.37.